The summed E-state index contributed by atoms with van der Waals surface area (Å²) in [5.74, 6) is -0.265. The third kappa shape index (κ3) is 2.35. The Morgan fingerprint density at radius 3 is 2.95 bits per heavy atom. The highest BCUT2D eigenvalue weighted by molar-refractivity contribution is 5.35. The van der Waals surface area contributed by atoms with Crippen LogP contribution in [0.15, 0.2) is 24.5 Å². The molecule has 6 heteroatoms. The number of hydrogen-bond acceptors (Lipinski definition) is 3. The van der Waals surface area contributed by atoms with E-state index in [9.17, 15) is 8.78 Å². The van der Waals surface area contributed by atoms with Crippen molar-refractivity contribution in [2.75, 3.05) is 13.1 Å². The van der Waals surface area contributed by atoms with Gasteiger partial charge in [-0.25, -0.2) is 8.78 Å². The first-order valence-electron chi connectivity index (χ1n) is 6.32. The molecular formula is C13H14F2N4. The largest absolute Gasteiger partial charge is 0.316 e. The molecule has 0 amide bonds. The van der Waals surface area contributed by atoms with Crippen LogP contribution in [-0.2, 0) is 0 Å². The topological polar surface area (TPSA) is 42.7 Å². The van der Waals surface area contributed by atoms with Gasteiger partial charge in [0, 0.05) is 18.5 Å². The normalized spacial score (nSPS) is 19.6. The molecule has 2 heterocycles. The van der Waals surface area contributed by atoms with Crippen molar-refractivity contribution in [3.63, 3.8) is 0 Å². The van der Waals surface area contributed by atoms with E-state index >= 15 is 0 Å². The lowest BCUT2D eigenvalue weighted by molar-refractivity contribution is 0.441. The van der Waals surface area contributed by atoms with Gasteiger partial charge >= 0.3 is 0 Å². The third-order valence-corrected chi connectivity index (χ3v) is 3.41. The summed E-state index contributed by atoms with van der Waals surface area (Å²) >= 11 is 0. The molecule has 1 aromatic heterocycles. The van der Waals surface area contributed by atoms with E-state index in [4.69, 9.17) is 0 Å². The van der Waals surface area contributed by atoms with Crippen molar-refractivity contribution >= 4 is 0 Å². The molecule has 4 nitrogen and oxygen atoms in total. The van der Waals surface area contributed by atoms with Gasteiger partial charge in [0.15, 0.2) is 0 Å². The van der Waals surface area contributed by atoms with Gasteiger partial charge in [-0.2, -0.15) is 0 Å². The lowest BCUT2D eigenvalue weighted by Gasteiger charge is -2.22. The summed E-state index contributed by atoms with van der Waals surface area (Å²) in [7, 11) is 0. The van der Waals surface area contributed by atoms with Crippen molar-refractivity contribution < 1.29 is 8.78 Å². The number of aromatic nitrogens is 3. The Hall–Kier alpha value is -1.82. The highest BCUT2D eigenvalue weighted by Gasteiger charge is 2.22. The number of halogens is 2. The first-order chi connectivity index (χ1) is 9.25. The van der Waals surface area contributed by atoms with E-state index in [0.717, 1.165) is 37.8 Å². The molecule has 1 atom stereocenters. The van der Waals surface area contributed by atoms with Crippen molar-refractivity contribution in [2.45, 2.75) is 18.8 Å². The average molecular weight is 264 g/mol. The van der Waals surface area contributed by atoms with Crippen LogP contribution in [0, 0.1) is 11.6 Å². The maximum absolute atomic E-state index is 13.8. The van der Waals surface area contributed by atoms with Gasteiger partial charge in [0.1, 0.15) is 23.8 Å². The quantitative estimate of drug-likeness (QED) is 0.902. The monoisotopic (exact) mass is 264 g/mol. The number of piperidine rings is 1. The standard InChI is InChI=1S/C13H14F2N4/c14-10-3-4-12(11(15)6-10)19-8-17-18-13(19)9-2-1-5-16-7-9/h3-4,6,8-9,16H,1-2,5,7H2. The Morgan fingerprint density at radius 1 is 1.32 bits per heavy atom. The first-order valence-corrected chi connectivity index (χ1v) is 6.32. The molecule has 3 rings (SSSR count). The molecule has 0 bridgehead atoms. The van der Waals surface area contributed by atoms with Crippen LogP contribution in [0.4, 0.5) is 8.78 Å². The second-order valence-electron chi connectivity index (χ2n) is 4.70. The Morgan fingerprint density at radius 2 is 2.21 bits per heavy atom. The zero-order valence-corrected chi connectivity index (χ0v) is 10.3. The number of nitrogens with zero attached hydrogens (tertiary/aromatic N) is 3. The van der Waals surface area contributed by atoms with E-state index in [0.29, 0.717) is 0 Å². The predicted octanol–water partition coefficient (Wildman–Crippen LogP) is 2.01. The summed E-state index contributed by atoms with van der Waals surface area (Å²) in [4.78, 5) is 0. The van der Waals surface area contributed by atoms with Gasteiger partial charge in [-0.3, -0.25) is 4.57 Å². The van der Waals surface area contributed by atoms with E-state index in [1.54, 1.807) is 4.57 Å². The van der Waals surface area contributed by atoms with Crippen LogP contribution in [0.5, 0.6) is 0 Å². The SMILES string of the molecule is Fc1ccc(-n2cnnc2C2CCCNC2)c(F)c1. The molecule has 19 heavy (non-hydrogen) atoms. The number of rotatable bonds is 2. The summed E-state index contributed by atoms with van der Waals surface area (Å²) in [6.45, 7) is 1.80. The maximum Gasteiger partial charge on any atom is 0.150 e. The number of nitrogens with one attached hydrogen (secondary N) is 1. The lowest BCUT2D eigenvalue weighted by Crippen LogP contribution is -2.30. The van der Waals surface area contributed by atoms with Crippen LogP contribution in [0.3, 0.4) is 0 Å². The van der Waals surface area contributed by atoms with Crippen LogP contribution in [0.25, 0.3) is 5.69 Å². The minimum atomic E-state index is -0.607. The van der Waals surface area contributed by atoms with Crippen LogP contribution < -0.4 is 5.32 Å². The van der Waals surface area contributed by atoms with E-state index in [1.807, 2.05) is 0 Å². The zero-order chi connectivity index (χ0) is 13.2. The fourth-order valence-corrected chi connectivity index (χ4v) is 2.46. The summed E-state index contributed by atoms with van der Waals surface area (Å²) in [5.41, 5.74) is 0.284. The molecule has 1 aliphatic heterocycles. The highest BCUT2D eigenvalue weighted by atomic mass is 19.1. The predicted molar refractivity (Wildman–Crippen MR) is 66.1 cm³/mol. The molecule has 1 aromatic carbocycles. The van der Waals surface area contributed by atoms with Crippen LogP contribution in [0.1, 0.15) is 24.6 Å². The smallest absolute Gasteiger partial charge is 0.150 e. The average Bonchev–Trinajstić information content (AvgIpc) is 2.89. The van der Waals surface area contributed by atoms with E-state index in [-0.39, 0.29) is 11.6 Å². The molecule has 2 aromatic rings. The minimum Gasteiger partial charge on any atom is -0.316 e. The second-order valence-corrected chi connectivity index (χ2v) is 4.70. The Bertz CT molecular complexity index is 576. The van der Waals surface area contributed by atoms with E-state index < -0.39 is 11.6 Å². The van der Waals surface area contributed by atoms with Crippen molar-refractivity contribution in [2.24, 2.45) is 0 Å². The summed E-state index contributed by atoms with van der Waals surface area (Å²) in [5, 5.41) is 11.2. The third-order valence-electron chi connectivity index (χ3n) is 3.41. The fraction of sp³-hybridized carbons (Fsp3) is 0.385. The Balaban J connectivity index is 1.99. The molecular weight excluding hydrogens is 250 g/mol. The van der Waals surface area contributed by atoms with E-state index in [1.165, 1.54) is 18.5 Å². The van der Waals surface area contributed by atoms with Crippen molar-refractivity contribution in [1.82, 2.24) is 20.1 Å². The van der Waals surface area contributed by atoms with Crippen molar-refractivity contribution in [3.8, 4) is 5.69 Å². The van der Waals surface area contributed by atoms with Gasteiger partial charge in [-0.1, -0.05) is 0 Å². The molecule has 0 aliphatic carbocycles. The van der Waals surface area contributed by atoms with E-state index in [2.05, 4.69) is 15.5 Å². The van der Waals surface area contributed by atoms with Gasteiger partial charge in [0.25, 0.3) is 0 Å². The summed E-state index contributed by atoms with van der Waals surface area (Å²) < 4.78 is 28.4. The zero-order valence-electron chi connectivity index (χ0n) is 10.3. The molecule has 0 saturated carbocycles. The number of benzene rings is 1. The van der Waals surface area contributed by atoms with Crippen molar-refractivity contribution in [1.29, 1.82) is 0 Å². The molecule has 1 fully saturated rings. The summed E-state index contributed by atoms with van der Waals surface area (Å²) in [6, 6.07) is 3.52. The van der Waals surface area contributed by atoms with Gasteiger partial charge < -0.3 is 5.32 Å². The molecule has 1 unspecified atom stereocenters. The molecule has 1 N–H and O–H groups in total. The van der Waals surface area contributed by atoms with Crippen LogP contribution >= 0.6 is 0 Å². The molecule has 0 spiro atoms. The lowest BCUT2D eigenvalue weighted by atomic mass is 9.99. The van der Waals surface area contributed by atoms with Gasteiger partial charge in [-0.05, 0) is 31.5 Å². The van der Waals surface area contributed by atoms with Crippen LogP contribution in [-0.4, -0.2) is 27.9 Å². The van der Waals surface area contributed by atoms with Gasteiger partial charge in [0.05, 0.1) is 5.69 Å². The molecule has 1 saturated heterocycles. The molecule has 100 valence electrons. The highest BCUT2D eigenvalue weighted by Crippen LogP contribution is 2.24. The fourth-order valence-electron chi connectivity index (χ4n) is 2.46. The number of hydrogen-bond donors (Lipinski definition) is 1. The Labute approximate surface area is 109 Å². The first kappa shape index (κ1) is 12.2. The molecule has 1 aliphatic rings. The van der Waals surface area contributed by atoms with Crippen LogP contribution in [0.2, 0.25) is 0 Å². The second kappa shape index (κ2) is 5.05. The minimum absolute atomic E-state index is 0.209. The van der Waals surface area contributed by atoms with Gasteiger partial charge in [-0.15, -0.1) is 10.2 Å². The Kier molecular flexibility index (Phi) is 3.25. The maximum atomic E-state index is 13.8. The van der Waals surface area contributed by atoms with Gasteiger partial charge in [0.2, 0.25) is 0 Å². The van der Waals surface area contributed by atoms with Crippen molar-refractivity contribution in [3.05, 3.63) is 42.0 Å². The molecule has 0 radical (unpaired) electrons. The summed E-state index contributed by atoms with van der Waals surface area (Å²) in [6.07, 6.45) is 3.53.